The van der Waals surface area contributed by atoms with Crippen LogP contribution in [0.25, 0.3) is 0 Å². The number of nitrogens with zero attached hydrogens (tertiary/aromatic N) is 1. The number of ether oxygens (including phenoxy) is 1. The van der Waals surface area contributed by atoms with Gasteiger partial charge in [0.2, 0.25) is 0 Å². The molecule has 4 heteroatoms. The Hall–Kier alpha value is -0.160. The molecule has 1 aliphatic heterocycles. The van der Waals surface area contributed by atoms with Crippen molar-refractivity contribution < 1.29 is 9.84 Å². The summed E-state index contributed by atoms with van der Waals surface area (Å²) >= 11 is 0. The van der Waals surface area contributed by atoms with Gasteiger partial charge in [-0.2, -0.15) is 0 Å². The van der Waals surface area contributed by atoms with Crippen molar-refractivity contribution in [3.8, 4) is 0 Å². The lowest BCUT2D eigenvalue weighted by atomic mass is 9.88. The Kier molecular flexibility index (Phi) is 4.32. The molecule has 0 aromatic carbocycles. The lowest BCUT2D eigenvalue weighted by molar-refractivity contribution is -0.0888. The van der Waals surface area contributed by atoms with E-state index in [-0.39, 0.29) is 5.60 Å². The molecule has 18 heavy (non-hydrogen) atoms. The zero-order chi connectivity index (χ0) is 13.2. The fourth-order valence-corrected chi connectivity index (χ4v) is 3.45. The van der Waals surface area contributed by atoms with Crippen molar-refractivity contribution in [2.24, 2.45) is 11.7 Å². The van der Waals surface area contributed by atoms with Gasteiger partial charge in [-0.15, -0.1) is 0 Å². The van der Waals surface area contributed by atoms with Crippen LogP contribution in [-0.4, -0.2) is 54.0 Å². The maximum absolute atomic E-state index is 10.4. The van der Waals surface area contributed by atoms with E-state index in [4.69, 9.17) is 10.5 Å². The monoisotopic (exact) mass is 256 g/mol. The van der Waals surface area contributed by atoms with E-state index in [9.17, 15) is 5.11 Å². The highest BCUT2D eigenvalue weighted by molar-refractivity contribution is 4.93. The molecule has 4 nitrogen and oxygen atoms in total. The Labute approximate surface area is 110 Å². The van der Waals surface area contributed by atoms with Gasteiger partial charge in [-0.05, 0) is 45.6 Å². The summed E-state index contributed by atoms with van der Waals surface area (Å²) in [6, 6.07) is 0. The molecule has 0 aromatic heterocycles. The fraction of sp³-hybridized carbons (Fsp3) is 1.00. The molecule has 2 aliphatic rings. The first-order chi connectivity index (χ1) is 8.45. The Bertz CT molecular complexity index is 283. The summed E-state index contributed by atoms with van der Waals surface area (Å²) < 4.78 is 5.72. The molecule has 3 N–H and O–H groups in total. The Morgan fingerprint density at radius 3 is 2.89 bits per heavy atom. The molecular formula is C14H28N2O2. The fourth-order valence-electron chi connectivity index (χ4n) is 3.45. The standard InChI is InChI=1S/C14H28N2O2/c1-13(2)11-16(8-9-18-13)7-5-12-4-3-6-14(12,17)10-15/h12,17H,3-11,15H2,1-2H3. The van der Waals surface area contributed by atoms with Crippen LogP contribution in [-0.2, 0) is 4.74 Å². The molecular weight excluding hydrogens is 228 g/mol. The van der Waals surface area contributed by atoms with Crippen LogP contribution in [0.3, 0.4) is 0 Å². The van der Waals surface area contributed by atoms with E-state index in [0.29, 0.717) is 12.5 Å². The smallest absolute Gasteiger partial charge is 0.0797 e. The Morgan fingerprint density at radius 2 is 2.22 bits per heavy atom. The van der Waals surface area contributed by atoms with Crippen molar-refractivity contribution in [2.75, 3.05) is 32.8 Å². The van der Waals surface area contributed by atoms with Crippen molar-refractivity contribution in [3.05, 3.63) is 0 Å². The zero-order valence-corrected chi connectivity index (χ0v) is 11.8. The summed E-state index contributed by atoms with van der Waals surface area (Å²) in [4.78, 5) is 2.46. The molecule has 1 aliphatic carbocycles. The average molecular weight is 256 g/mol. The molecule has 1 saturated heterocycles. The molecule has 0 spiro atoms. The van der Waals surface area contributed by atoms with Crippen molar-refractivity contribution in [2.45, 2.75) is 50.7 Å². The quantitative estimate of drug-likeness (QED) is 0.787. The second-order valence-electron chi connectivity index (χ2n) is 6.57. The lowest BCUT2D eigenvalue weighted by Gasteiger charge is -2.39. The highest BCUT2D eigenvalue weighted by Gasteiger charge is 2.40. The number of hydrogen-bond acceptors (Lipinski definition) is 4. The summed E-state index contributed by atoms with van der Waals surface area (Å²) in [5.41, 5.74) is 5.10. The van der Waals surface area contributed by atoms with Gasteiger partial charge in [0.15, 0.2) is 0 Å². The normalized spacial score (nSPS) is 37.0. The lowest BCUT2D eigenvalue weighted by Crippen LogP contribution is -2.49. The second-order valence-corrected chi connectivity index (χ2v) is 6.57. The van der Waals surface area contributed by atoms with Crippen molar-refractivity contribution >= 4 is 0 Å². The molecule has 1 saturated carbocycles. The minimum atomic E-state index is -0.595. The molecule has 1 heterocycles. The van der Waals surface area contributed by atoms with Gasteiger partial charge in [-0.25, -0.2) is 0 Å². The topological polar surface area (TPSA) is 58.7 Å². The third-order valence-electron chi connectivity index (χ3n) is 4.57. The largest absolute Gasteiger partial charge is 0.388 e. The third kappa shape index (κ3) is 3.23. The van der Waals surface area contributed by atoms with Crippen LogP contribution in [0.15, 0.2) is 0 Å². The van der Waals surface area contributed by atoms with E-state index >= 15 is 0 Å². The first-order valence-corrected chi connectivity index (χ1v) is 7.24. The molecule has 0 radical (unpaired) electrons. The summed E-state index contributed by atoms with van der Waals surface area (Å²) in [5, 5.41) is 10.4. The van der Waals surface area contributed by atoms with Crippen molar-refractivity contribution in [3.63, 3.8) is 0 Å². The Balaban J connectivity index is 1.81. The van der Waals surface area contributed by atoms with Crippen molar-refractivity contribution in [1.29, 1.82) is 0 Å². The predicted octanol–water partition coefficient (Wildman–Crippen LogP) is 0.977. The minimum absolute atomic E-state index is 0.0297. The van der Waals surface area contributed by atoms with Gasteiger partial charge in [0.1, 0.15) is 0 Å². The van der Waals surface area contributed by atoms with Gasteiger partial charge in [-0.1, -0.05) is 6.42 Å². The number of nitrogens with two attached hydrogens (primary N) is 1. The molecule has 2 unspecified atom stereocenters. The van der Waals surface area contributed by atoms with E-state index in [0.717, 1.165) is 51.9 Å². The van der Waals surface area contributed by atoms with Crippen LogP contribution < -0.4 is 5.73 Å². The summed E-state index contributed by atoms with van der Waals surface area (Å²) in [6.07, 6.45) is 4.18. The van der Waals surface area contributed by atoms with E-state index in [1.165, 1.54) is 0 Å². The second kappa shape index (κ2) is 5.45. The van der Waals surface area contributed by atoms with Crippen LogP contribution in [0.4, 0.5) is 0 Å². The van der Waals surface area contributed by atoms with E-state index < -0.39 is 5.60 Å². The molecule has 0 aromatic rings. The van der Waals surface area contributed by atoms with Gasteiger partial charge in [0, 0.05) is 19.6 Å². The van der Waals surface area contributed by atoms with E-state index in [1.807, 2.05) is 0 Å². The van der Waals surface area contributed by atoms with Gasteiger partial charge >= 0.3 is 0 Å². The summed E-state index contributed by atoms with van der Waals surface area (Å²) in [7, 11) is 0. The minimum Gasteiger partial charge on any atom is -0.388 e. The van der Waals surface area contributed by atoms with Crippen LogP contribution >= 0.6 is 0 Å². The van der Waals surface area contributed by atoms with Crippen LogP contribution in [0.1, 0.15) is 39.5 Å². The van der Waals surface area contributed by atoms with Gasteiger partial charge < -0.3 is 15.6 Å². The van der Waals surface area contributed by atoms with Crippen LogP contribution in [0, 0.1) is 5.92 Å². The zero-order valence-electron chi connectivity index (χ0n) is 11.8. The first kappa shape index (κ1) is 14.3. The first-order valence-electron chi connectivity index (χ1n) is 7.24. The molecule has 2 fully saturated rings. The van der Waals surface area contributed by atoms with Gasteiger partial charge in [0.05, 0.1) is 17.8 Å². The molecule has 0 amide bonds. The van der Waals surface area contributed by atoms with E-state index in [2.05, 4.69) is 18.7 Å². The molecule has 2 rings (SSSR count). The van der Waals surface area contributed by atoms with Gasteiger partial charge in [-0.3, -0.25) is 4.90 Å². The summed E-state index contributed by atoms with van der Waals surface area (Å²) in [5.74, 6) is 0.383. The SMILES string of the molecule is CC1(C)CN(CCC2CCCC2(O)CN)CCO1. The molecule has 2 atom stereocenters. The van der Waals surface area contributed by atoms with Crippen LogP contribution in [0.2, 0.25) is 0 Å². The Morgan fingerprint density at radius 1 is 1.44 bits per heavy atom. The highest BCUT2D eigenvalue weighted by atomic mass is 16.5. The average Bonchev–Trinajstić information content (AvgIpc) is 2.68. The third-order valence-corrected chi connectivity index (χ3v) is 4.57. The molecule has 106 valence electrons. The predicted molar refractivity (Wildman–Crippen MR) is 72.4 cm³/mol. The van der Waals surface area contributed by atoms with Gasteiger partial charge in [0.25, 0.3) is 0 Å². The highest BCUT2D eigenvalue weighted by Crippen LogP contribution is 2.37. The molecule has 0 bridgehead atoms. The maximum Gasteiger partial charge on any atom is 0.0797 e. The summed E-state index contributed by atoms with van der Waals surface area (Å²) in [6.45, 7) is 8.57. The maximum atomic E-state index is 10.4. The van der Waals surface area contributed by atoms with Crippen LogP contribution in [0.5, 0.6) is 0 Å². The van der Waals surface area contributed by atoms with Crippen molar-refractivity contribution in [1.82, 2.24) is 4.90 Å². The van der Waals surface area contributed by atoms with E-state index in [1.54, 1.807) is 0 Å². The number of rotatable bonds is 4. The number of hydrogen-bond donors (Lipinski definition) is 2. The number of morpholine rings is 1. The number of aliphatic hydroxyl groups is 1.